The number of aliphatic carboxylic acids is 1. The second kappa shape index (κ2) is 7.47. The summed E-state index contributed by atoms with van der Waals surface area (Å²) in [7, 11) is 0. The monoisotopic (exact) mass is 291 g/mol. The Morgan fingerprint density at radius 3 is 2.52 bits per heavy atom. The molecular formula is C16H21NO4. The lowest BCUT2D eigenvalue weighted by Gasteiger charge is -2.19. The zero-order chi connectivity index (χ0) is 16.0. The van der Waals surface area contributed by atoms with Crippen LogP contribution in [0.2, 0.25) is 0 Å². The van der Waals surface area contributed by atoms with Gasteiger partial charge in [0.2, 0.25) is 0 Å². The average molecular weight is 291 g/mol. The van der Waals surface area contributed by atoms with Crippen molar-refractivity contribution in [3.63, 3.8) is 0 Å². The molecule has 0 bridgehead atoms. The van der Waals surface area contributed by atoms with Crippen LogP contribution in [0.5, 0.6) is 5.75 Å². The van der Waals surface area contributed by atoms with Gasteiger partial charge in [0.15, 0.2) is 6.10 Å². The minimum absolute atomic E-state index is 0.0341. The first-order chi connectivity index (χ1) is 9.81. The molecule has 5 nitrogen and oxygen atoms in total. The summed E-state index contributed by atoms with van der Waals surface area (Å²) < 4.78 is 5.72. The summed E-state index contributed by atoms with van der Waals surface area (Å²) in [5.41, 5.74) is 1.47. The van der Waals surface area contributed by atoms with Gasteiger partial charge >= 0.3 is 5.97 Å². The zero-order valence-corrected chi connectivity index (χ0v) is 12.7. The number of benzene rings is 1. The van der Waals surface area contributed by atoms with E-state index in [-0.39, 0.29) is 11.9 Å². The van der Waals surface area contributed by atoms with E-state index in [9.17, 15) is 9.59 Å². The fourth-order valence-electron chi connectivity index (χ4n) is 1.76. The number of aryl methyl sites for hydroxylation is 1. The first-order valence-corrected chi connectivity index (χ1v) is 6.79. The van der Waals surface area contributed by atoms with Gasteiger partial charge in [-0.15, -0.1) is 0 Å². The summed E-state index contributed by atoms with van der Waals surface area (Å²) in [6, 6.07) is 5.43. The smallest absolute Gasteiger partial charge is 0.328 e. The van der Waals surface area contributed by atoms with Crippen molar-refractivity contribution in [2.24, 2.45) is 0 Å². The highest BCUT2D eigenvalue weighted by atomic mass is 16.5. The Balaban J connectivity index is 2.96. The number of hydrogen-bond acceptors (Lipinski definition) is 3. The van der Waals surface area contributed by atoms with Crippen molar-refractivity contribution in [1.29, 1.82) is 0 Å². The van der Waals surface area contributed by atoms with Gasteiger partial charge in [-0.1, -0.05) is 18.2 Å². The van der Waals surface area contributed by atoms with Crippen molar-refractivity contribution in [3.8, 4) is 5.75 Å². The molecule has 114 valence electrons. The topological polar surface area (TPSA) is 75.6 Å². The van der Waals surface area contributed by atoms with Crippen LogP contribution in [0.3, 0.4) is 0 Å². The molecule has 0 saturated carbocycles. The number of para-hydroxylation sites is 1. The van der Waals surface area contributed by atoms with E-state index in [1.807, 2.05) is 32.9 Å². The molecule has 0 saturated heterocycles. The third kappa shape index (κ3) is 5.30. The number of carboxylic acid groups (broad SMARTS) is 1. The quantitative estimate of drug-likeness (QED) is 0.789. The number of ether oxygens (including phenoxy) is 1. The molecule has 0 aliphatic rings. The molecule has 0 heterocycles. The minimum Gasteiger partial charge on any atom is -0.480 e. The lowest BCUT2D eigenvalue weighted by atomic mass is 10.1. The van der Waals surface area contributed by atoms with E-state index in [2.05, 4.69) is 5.32 Å². The van der Waals surface area contributed by atoms with Gasteiger partial charge in [0, 0.05) is 17.7 Å². The molecule has 1 amide bonds. The molecule has 0 aromatic heterocycles. The van der Waals surface area contributed by atoms with Crippen LogP contribution >= 0.6 is 0 Å². The van der Waals surface area contributed by atoms with E-state index in [0.29, 0.717) is 11.3 Å². The van der Waals surface area contributed by atoms with Crippen molar-refractivity contribution < 1.29 is 19.4 Å². The fourth-order valence-corrected chi connectivity index (χ4v) is 1.76. The molecule has 21 heavy (non-hydrogen) atoms. The maximum absolute atomic E-state index is 11.9. The maximum atomic E-state index is 11.9. The Labute approximate surface area is 124 Å². The van der Waals surface area contributed by atoms with Crippen LogP contribution in [0.15, 0.2) is 24.3 Å². The Kier molecular flexibility index (Phi) is 5.96. The highest BCUT2D eigenvalue weighted by Crippen LogP contribution is 2.25. The molecule has 0 spiro atoms. The Hall–Kier alpha value is -2.30. The predicted molar refractivity (Wildman–Crippen MR) is 81.2 cm³/mol. The lowest BCUT2D eigenvalue weighted by molar-refractivity contribution is -0.131. The van der Waals surface area contributed by atoms with E-state index in [4.69, 9.17) is 9.84 Å². The molecular weight excluding hydrogens is 270 g/mol. The van der Waals surface area contributed by atoms with E-state index < -0.39 is 12.1 Å². The summed E-state index contributed by atoms with van der Waals surface area (Å²) in [6.07, 6.45) is 1.84. The summed E-state index contributed by atoms with van der Waals surface area (Å²) in [6.45, 7) is 7.26. The molecule has 0 radical (unpaired) electrons. The van der Waals surface area contributed by atoms with Crippen molar-refractivity contribution in [3.05, 3.63) is 35.4 Å². The number of hydrogen-bond donors (Lipinski definition) is 2. The van der Waals surface area contributed by atoms with Gasteiger partial charge in [-0.3, -0.25) is 4.79 Å². The third-order valence-corrected chi connectivity index (χ3v) is 2.74. The van der Waals surface area contributed by atoms with Crippen LogP contribution in [0, 0.1) is 6.92 Å². The average Bonchev–Trinajstić information content (AvgIpc) is 2.38. The molecule has 1 aromatic rings. The second-order valence-electron chi connectivity index (χ2n) is 5.09. The largest absolute Gasteiger partial charge is 0.480 e. The molecule has 5 heteroatoms. The van der Waals surface area contributed by atoms with Crippen LogP contribution in [0.25, 0.3) is 6.08 Å². The Morgan fingerprint density at radius 2 is 1.95 bits per heavy atom. The highest BCUT2D eigenvalue weighted by molar-refractivity contribution is 5.86. The first kappa shape index (κ1) is 16.8. The van der Waals surface area contributed by atoms with Crippen molar-refractivity contribution >= 4 is 18.0 Å². The molecule has 1 aromatic carbocycles. The Bertz CT molecular complexity index is 549. The van der Waals surface area contributed by atoms with Gasteiger partial charge in [0.1, 0.15) is 5.75 Å². The van der Waals surface area contributed by atoms with Gasteiger partial charge in [0.25, 0.3) is 5.91 Å². The molecule has 0 fully saturated rings. The van der Waals surface area contributed by atoms with Gasteiger partial charge in [0.05, 0.1) is 0 Å². The van der Waals surface area contributed by atoms with Crippen LogP contribution in [-0.4, -0.2) is 29.1 Å². The van der Waals surface area contributed by atoms with Crippen LogP contribution in [0.4, 0.5) is 0 Å². The minimum atomic E-state index is -1.03. The summed E-state index contributed by atoms with van der Waals surface area (Å²) in [5, 5.41) is 11.5. The van der Waals surface area contributed by atoms with Gasteiger partial charge in [-0.2, -0.15) is 0 Å². The number of amides is 1. The molecule has 0 aliphatic heterocycles. The highest BCUT2D eigenvalue weighted by Gasteiger charge is 2.17. The van der Waals surface area contributed by atoms with Crippen molar-refractivity contribution in [1.82, 2.24) is 5.32 Å². The second-order valence-corrected chi connectivity index (χ2v) is 5.09. The third-order valence-electron chi connectivity index (χ3n) is 2.74. The standard InChI is InChI=1S/C16H21NO4/c1-10(2)17-16(20)12(4)21-15-11(3)6-5-7-13(15)8-9-14(18)19/h5-10,12H,1-4H3,(H,17,20)(H,18,19)/b9-8+. The maximum Gasteiger partial charge on any atom is 0.328 e. The predicted octanol–water partition coefficient (Wildman–Crippen LogP) is 2.38. The van der Waals surface area contributed by atoms with Gasteiger partial charge < -0.3 is 15.2 Å². The molecule has 0 aliphatic carbocycles. The van der Waals surface area contributed by atoms with E-state index >= 15 is 0 Å². The molecule has 2 N–H and O–H groups in total. The molecule has 1 rings (SSSR count). The van der Waals surface area contributed by atoms with Gasteiger partial charge in [-0.25, -0.2) is 4.79 Å². The van der Waals surface area contributed by atoms with E-state index in [1.54, 1.807) is 13.0 Å². The molecule has 1 atom stereocenters. The van der Waals surface area contributed by atoms with Crippen molar-refractivity contribution in [2.75, 3.05) is 0 Å². The van der Waals surface area contributed by atoms with Crippen LogP contribution in [-0.2, 0) is 9.59 Å². The number of carbonyl (C=O) groups is 2. The summed E-state index contributed by atoms with van der Waals surface area (Å²) >= 11 is 0. The first-order valence-electron chi connectivity index (χ1n) is 6.79. The van der Waals surface area contributed by atoms with Crippen molar-refractivity contribution in [2.45, 2.75) is 39.8 Å². The van der Waals surface area contributed by atoms with E-state index in [1.165, 1.54) is 6.08 Å². The number of carboxylic acids is 1. The Morgan fingerprint density at radius 1 is 1.29 bits per heavy atom. The van der Waals surface area contributed by atoms with Gasteiger partial charge in [-0.05, 0) is 39.3 Å². The lowest BCUT2D eigenvalue weighted by Crippen LogP contribution is -2.40. The van der Waals surface area contributed by atoms with Crippen LogP contribution < -0.4 is 10.1 Å². The molecule has 1 unspecified atom stereocenters. The zero-order valence-electron chi connectivity index (χ0n) is 12.7. The van der Waals surface area contributed by atoms with Crippen LogP contribution in [0.1, 0.15) is 31.9 Å². The normalized spacial score (nSPS) is 12.4. The number of rotatable bonds is 6. The number of carbonyl (C=O) groups excluding carboxylic acids is 1. The summed E-state index contributed by atoms with van der Waals surface area (Å²) in [5.74, 6) is -0.726. The SMILES string of the molecule is Cc1cccc(/C=C/C(=O)O)c1OC(C)C(=O)NC(C)C. The summed E-state index contributed by atoms with van der Waals surface area (Å²) in [4.78, 5) is 22.5. The van der Waals surface area contributed by atoms with E-state index in [0.717, 1.165) is 11.6 Å². The number of nitrogens with one attached hydrogen (secondary N) is 1. The fraction of sp³-hybridized carbons (Fsp3) is 0.375.